The fourth-order valence-electron chi connectivity index (χ4n) is 2.51. The first-order valence-corrected chi connectivity index (χ1v) is 8.94. The Morgan fingerprint density at radius 3 is 2.42 bits per heavy atom. The summed E-state index contributed by atoms with van der Waals surface area (Å²) in [5.74, 6) is -1.90. The number of fused-ring (bicyclic) bond motifs is 1. The average molecular weight is 366 g/mol. The van der Waals surface area contributed by atoms with Gasteiger partial charge in [-0.25, -0.2) is 0 Å². The lowest BCUT2D eigenvalue weighted by atomic mass is 10.1. The monoisotopic (exact) mass is 366 g/mol. The van der Waals surface area contributed by atoms with Crippen molar-refractivity contribution in [2.75, 3.05) is 10.6 Å². The molecule has 0 aliphatic carbocycles. The van der Waals surface area contributed by atoms with Gasteiger partial charge in [0.25, 0.3) is 5.91 Å². The molecule has 0 bridgehead atoms. The highest BCUT2D eigenvalue weighted by molar-refractivity contribution is 8.04. The molecule has 1 amide bonds. The second-order valence-electron chi connectivity index (χ2n) is 6.02. The highest BCUT2D eigenvalue weighted by Gasteiger charge is 2.25. The minimum Gasteiger partial charge on any atom is -0.357 e. The quantitative estimate of drug-likeness (QED) is 0.620. The highest BCUT2D eigenvalue weighted by atomic mass is 32.2. The molecule has 1 aliphatic heterocycles. The second kappa shape index (κ2) is 7.58. The van der Waals surface area contributed by atoms with E-state index in [9.17, 15) is 14.4 Å². The zero-order valence-corrected chi connectivity index (χ0v) is 15.3. The van der Waals surface area contributed by atoms with Crippen LogP contribution in [0.4, 0.5) is 11.4 Å². The standard InChI is InChI=1S/C20H18N2O3S/c1-12-7-9-14(10-8-12)22-20(25)17(24)11-16(23)19-13(2)21-15-5-3-4-6-18(15)26-19/h3-10,21H,11H2,1-2H3,(H,22,25). The number of carbonyl (C=O) groups excluding carboxylic acids is 3. The number of allylic oxidation sites excluding steroid dienone is 2. The topological polar surface area (TPSA) is 75.3 Å². The number of hydrogen-bond acceptors (Lipinski definition) is 5. The van der Waals surface area contributed by atoms with Gasteiger partial charge in [-0.05, 0) is 38.1 Å². The van der Waals surface area contributed by atoms with Crippen molar-refractivity contribution < 1.29 is 14.4 Å². The molecular formula is C20H18N2O3S. The van der Waals surface area contributed by atoms with Crippen LogP contribution in [0.1, 0.15) is 18.9 Å². The van der Waals surface area contributed by atoms with Crippen LogP contribution < -0.4 is 10.6 Å². The lowest BCUT2D eigenvalue weighted by molar-refractivity contribution is -0.136. The second-order valence-corrected chi connectivity index (χ2v) is 7.07. The average Bonchev–Trinajstić information content (AvgIpc) is 2.62. The Hall–Kier alpha value is -2.86. The summed E-state index contributed by atoms with van der Waals surface area (Å²) in [6, 6.07) is 14.7. The maximum Gasteiger partial charge on any atom is 0.292 e. The molecule has 132 valence electrons. The first-order valence-electron chi connectivity index (χ1n) is 8.13. The molecule has 1 aliphatic rings. The number of thioether (sulfide) groups is 1. The number of ketones is 2. The van der Waals surface area contributed by atoms with Gasteiger partial charge >= 0.3 is 0 Å². The van der Waals surface area contributed by atoms with E-state index in [-0.39, 0.29) is 5.78 Å². The number of Topliss-reactive ketones (excluding diaryl/α,β-unsaturated/α-hetero) is 2. The van der Waals surface area contributed by atoms with Crippen LogP contribution in [-0.2, 0) is 14.4 Å². The number of aryl methyl sites for hydroxylation is 1. The molecule has 2 N–H and O–H groups in total. The smallest absolute Gasteiger partial charge is 0.292 e. The van der Waals surface area contributed by atoms with Crippen LogP contribution in [0, 0.1) is 6.92 Å². The van der Waals surface area contributed by atoms with Gasteiger partial charge in [-0.2, -0.15) is 0 Å². The van der Waals surface area contributed by atoms with E-state index in [4.69, 9.17) is 0 Å². The SMILES string of the molecule is CC1=C(C(=O)CC(=O)C(=O)Nc2ccc(C)cc2)Sc2ccccc2N1. The molecule has 0 fully saturated rings. The number of hydrogen-bond donors (Lipinski definition) is 2. The van der Waals surface area contributed by atoms with E-state index in [0.29, 0.717) is 16.3 Å². The van der Waals surface area contributed by atoms with E-state index < -0.39 is 18.1 Å². The molecule has 0 spiro atoms. The van der Waals surface area contributed by atoms with E-state index in [2.05, 4.69) is 10.6 Å². The van der Waals surface area contributed by atoms with E-state index in [1.54, 1.807) is 19.1 Å². The fourth-order valence-corrected chi connectivity index (χ4v) is 3.50. The van der Waals surface area contributed by atoms with Gasteiger partial charge in [0.1, 0.15) is 0 Å². The number of rotatable bonds is 5. The summed E-state index contributed by atoms with van der Waals surface area (Å²) in [6.45, 7) is 3.71. The minimum absolute atomic E-state index is 0.362. The molecule has 26 heavy (non-hydrogen) atoms. The van der Waals surface area contributed by atoms with E-state index in [1.165, 1.54) is 11.8 Å². The molecule has 0 radical (unpaired) electrons. The number of benzene rings is 2. The lowest BCUT2D eigenvalue weighted by Crippen LogP contribution is -2.26. The Labute approximate surface area is 155 Å². The molecule has 0 unspecified atom stereocenters. The van der Waals surface area contributed by atoms with Crippen LogP contribution in [-0.4, -0.2) is 17.5 Å². The van der Waals surface area contributed by atoms with Crippen molar-refractivity contribution in [2.24, 2.45) is 0 Å². The van der Waals surface area contributed by atoms with Crippen LogP contribution in [0.5, 0.6) is 0 Å². The van der Waals surface area contributed by atoms with Crippen LogP contribution in [0.25, 0.3) is 0 Å². The van der Waals surface area contributed by atoms with Crippen molar-refractivity contribution in [1.29, 1.82) is 0 Å². The van der Waals surface area contributed by atoms with Gasteiger partial charge in [-0.3, -0.25) is 14.4 Å². The number of para-hydroxylation sites is 1. The van der Waals surface area contributed by atoms with Crippen LogP contribution in [0.3, 0.4) is 0 Å². The molecule has 5 nitrogen and oxygen atoms in total. The minimum atomic E-state index is -0.783. The zero-order valence-electron chi connectivity index (χ0n) is 14.5. The molecule has 2 aromatic rings. The van der Waals surface area contributed by atoms with Gasteiger partial charge in [0.2, 0.25) is 5.78 Å². The number of nitrogens with one attached hydrogen (secondary N) is 2. The Bertz CT molecular complexity index is 917. The van der Waals surface area contributed by atoms with E-state index >= 15 is 0 Å². The molecule has 0 saturated heterocycles. The van der Waals surface area contributed by atoms with Gasteiger partial charge in [0.15, 0.2) is 5.78 Å². The normalized spacial score (nSPS) is 12.8. The third kappa shape index (κ3) is 4.03. The maximum atomic E-state index is 12.5. The summed E-state index contributed by atoms with van der Waals surface area (Å²) in [5, 5.41) is 5.69. The summed E-state index contributed by atoms with van der Waals surface area (Å²) < 4.78 is 0. The summed E-state index contributed by atoms with van der Waals surface area (Å²) in [6.07, 6.45) is -0.457. The lowest BCUT2D eigenvalue weighted by Gasteiger charge is -2.21. The van der Waals surface area contributed by atoms with E-state index in [1.807, 2.05) is 43.3 Å². The molecule has 0 saturated carbocycles. The highest BCUT2D eigenvalue weighted by Crippen LogP contribution is 2.40. The summed E-state index contributed by atoms with van der Waals surface area (Å²) in [4.78, 5) is 38.1. The predicted octanol–water partition coefficient (Wildman–Crippen LogP) is 3.91. The Morgan fingerprint density at radius 2 is 1.69 bits per heavy atom. The van der Waals surface area contributed by atoms with Crippen molar-refractivity contribution in [1.82, 2.24) is 0 Å². The molecule has 0 aromatic heterocycles. The molecule has 0 atom stereocenters. The predicted molar refractivity (Wildman–Crippen MR) is 103 cm³/mol. The third-order valence-electron chi connectivity index (χ3n) is 3.90. The van der Waals surface area contributed by atoms with Gasteiger partial charge in [-0.1, -0.05) is 41.6 Å². The van der Waals surface area contributed by atoms with Crippen molar-refractivity contribution >= 4 is 40.6 Å². The van der Waals surface area contributed by atoms with Gasteiger partial charge in [0.05, 0.1) is 17.0 Å². The van der Waals surface area contributed by atoms with Crippen molar-refractivity contribution in [3.05, 3.63) is 64.7 Å². The summed E-state index contributed by atoms with van der Waals surface area (Å²) in [7, 11) is 0. The van der Waals surface area contributed by atoms with Crippen LogP contribution in [0.2, 0.25) is 0 Å². The Balaban J connectivity index is 1.64. The zero-order chi connectivity index (χ0) is 18.7. The largest absolute Gasteiger partial charge is 0.357 e. The Kier molecular flexibility index (Phi) is 5.23. The van der Waals surface area contributed by atoms with Gasteiger partial charge in [-0.15, -0.1) is 0 Å². The first-order chi connectivity index (χ1) is 12.4. The van der Waals surface area contributed by atoms with Crippen molar-refractivity contribution in [2.45, 2.75) is 25.2 Å². The van der Waals surface area contributed by atoms with Gasteiger partial charge in [0, 0.05) is 16.3 Å². The molecule has 6 heteroatoms. The maximum absolute atomic E-state index is 12.5. The number of amides is 1. The van der Waals surface area contributed by atoms with Crippen LogP contribution in [0.15, 0.2) is 64.0 Å². The first kappa shape index (κ1) is 17.9. The molecule has 2 aromatic carbocycles. The van der Waals surface area contributed by atoms with Crippen molar-refractivity contribution in [3.63, 3.8) is 0 Å². The van der Waals surface area contributed by atoms with Crippen molar-refractivity contribution in [3.8, 4) is 0 Å². The number of carbonyl (C=O) groups is 3. The summed E-state index contributed by atoms with van der Waals surface area (Å²) in [5.41, 5.74) is 3.19. The number of anilines is 2. The van der Waals surface area contributed by atoms with Gasteiger partial charge < -0.3 is 10.6 Å². The van der Waals surface area contributed by atoms with Crippen LogP contribution >= 0.6 is 11.8 Å². The molecular weight excluding hydrogens is 348 g/mol. The molecule has 1 heterocycles. The van der Waals surface area contributed by atoms with E-state index in [0.717, 1.165) is 16.1 Å². The molecule has 3 rings (SSSR count). The summed E-state index contributed by atoms with van der Waals surface area (Å²) >= 11 is 1.32. The Morgan fingerprint density at radius 1 is 1.00 bits per heavy atom. The third-order valence-corrected chi connectivity index (χ3v) is 5.21. The fraction of sp³-hybridized carbons (Fsp3) is 0.150.